The molecule has 1 rings (SSSR count). The second-order valence-corrected chi connectivity index (χ2v) is 3.87. The lowest BCUT2D eigenvalue weighted by atomic mass is 10.3. The van der Waals surface area contributed by atoms with Crippen molar-refractivity contribution in [1.82, 2.24) is 9.97 Å². The molecule has 0 amide bonds. The fourth-order valence-electron chi connectivity index (χ4n) is 0.712. The van der Waals surface area contributed by atoms with Crippen LogP contribution in [0.2, 0.25) is 0 Å². The van der Waals surface area contributed by atoms with Crippen LogP contribution >= 0.6 is 0 Å². The summed E-state index contributed by atoms with van der Waals surface area (Å²) in [6.07, 6.45) is 2.08. The number of H-pyrrole nitrogens is 2. The molecule has 1 aromatic rings. The molecule has 7 nitrogen and oxygen atoms in total. The van der Waals surface area contributed by atoms with Gasteiger partial charge in [-0.25, -0.2) is 18.4 Å². The molecule has 1 aromatic heterocycles. The number of rotatable bonds is 2. The Kier molecular flexibility index (Phi) is 2.68. The van der Waals surface area contributed by atoms with Crippen molar-refractivity contribution in [2.75, 3.05) is 0 Å². The largest absolute Gasteiger partial charge is 0.325 e. The van der Waals surface area contributed by atoms with Crippen LogP contribution in [0.15, 0.2) is 21.2 Å². The lowest BCUT2D eigenvalue weighted by Crippen LogP contribution is -2.23. The van der Waals surface area contributed by atoms with Crippen LogP contribution in [0.1, 0.15) is 5.56 Å². The normalized spacial score (nSPS) is 12.1. The van der Waals surface area contributed by atoms with E-state index in [4.69, 9.17) is 0 Å². The Morgan fingerprint density at radius 2 is 2.00 bits per heavy atom. The molecule has 0 spiro atoms. The average Bonchev–Trinajstić information content (AvgIpc) is 2.00. The highest BCUT2D eigenvalue weighted by molar-refractivity contribution is 7.92. The number of aromatic amines is 2. The van der Waals surface area contributed by atoms with E-state index >= 15 is 0 Å². The van der Waals surface area contributed by atoms with Crippen molar-refractivity contribution < 1.29 is 8.42 Å². The number of sulfonamides is 1. The molecule has 0 aliphatic rings. The van der Waals surface area contributed by atoms with Crippen LogP contribution in [0.5, 0.6) is 0 Å². The topological polar surface area (TPSA) is 126 Å². The standard InChI is InChI=1S/C6H7N3O4S/c7-14(12,13)2-1-4-3-8-6(11)9-5(4)10/h1-3H,(H2,7,12,13)(H2,8,9,10,11)/b2-1+. The molecular formula is C6H7N3O4S. The number of nitrogens with one attached hydrogen (secondary N) is 2. The van der Waals surface area contributed by atoms with E-state index in [0.717, 1.165) is 12.3 Å². The Morgan fingerprint density at radius 3 is 2.50 bits per heavy atom. The number of hydrogen-bond acceptors (Lipinski definition) is 4. The van der Waals surface area contributed by atoms with E-state index in [2.05, 4.69) is 10.1 Å². The van der Waals surface area contributed by atoms with Gasteiger partial charge >= 0.3 is 5.69 Å². The fraction of sp³-hybridized carbons (Fsp3) is 0. The number of hydrogen-bond donors (Lipinski definition) is 3. The van der Waals surface area contributed by atoms with Crippen molar-refractivity contribution in [2.45, 2.75) is 0 Å². The van der Waals surface area contributed by atoms with Gasteiger partial charge in [-0.2, -0.15) is 0 Å². The molecular weight excluding hydrogens is 210 g/mol. The van der Waals surface area contributed by atoms with E-state index in [1.54, 1.807) is 0 Å². The molecule has 0 aliphatic carbocycles. The summed E-state index contributed by atoms with van der Waals surface area (Å²) in [5, 5.41) is 5.33. The molecule has 14 heavy (non-hydrogen) atoms. The summed E-state index contributed by atoms with van der Waals surface area (Å²) in [6.45, 7) is 0. The van der Waals surface area contributed by atoms with Crippen molar-refractivity contribution in [3.8, 4) is 0 Å². The highest BCUT2D eigenvalue weighted by Gasteiger charge is 1.98. The molecule has 0 aliphatic heterocycles. The SMILES string of the molecule is NS(=O)(=O)/C=C/c1c[nH]c(=O)[nH]c1=O. The molecule has 8 heteroatoms. The van der Waals surface area contributed by atoms with Crippen molar-refractivity contribution in [1.29, 1.82) is 0 Å². The number of aromatic nitrogens is 2. The van der Waals surface area contributed by atoms with Crippen LogP contribution in [-0.2, 0) is 10.0 Å². The minimum Gasteiger partial charge on any atom is -0.314 e. The Labute approximate surface area is 78.3 Å². The Morgan fingerprint density at radius 1 is 1.36 bits per heavy atom. The molecule has 0 radical (unpaired) electrons. The minimum atomic E-state index is -3.77. The van der Waals surface area contributed by atoms with Crippen molar-refractivity contribution in [3.63, 3.8) is 0 Å². The third-order valence-corrected chi connectivity index (χ3v) is 1.80. The molecule has 0 unspecified atom stereocenters. The first-order chi connectivity index (χ1) is 6.38. The smallest absolute Gasteiger partial charge is 0.314 e. The first-order valence-corrected chi connectivity index (χ1v) is 5.02. The average molecular weight is 217 g/mol. The molecule has 4 N–H and O–H groups in total. The third kappa shape index (κ3) is 2.99. The Hall–Kier alpha value is -1.67. The molecule has 0 aromatic carbocycles. The second-order valence-electron chi connectivity index (χ2n) is 2.42. The summed E-state index contributed by atoms with van der Waals surface area (Å²) in [5.41, 5.74) is -1.35. The number of primary sulfonamides is 1. The van der Waals surface area contributed by atoms with Gasteiger partial charge in [0.05, 0.1) is 5.56 Å². The molecule has 0 fully saturated rings. The minimum absolute atomic E-state index is 0.00127. The maximum absolute atomic E-state index is 11.0. The lowest BCUT2D eigenvalue weighted by molar-refractivity contribution is 0.606. The highest BCUT2D eigenvalue weighted by Crippen LogP contribution is 1.91. The quantitative estimate of drug-likeness (QED) is 0.547. The maximum atomic E-state index is 11.0. The van der Waals surface area contributed by atoms with Gasteiger partial charge in [-0.15, -0.1) is 0 Å². The molecule has 1 heterocycles. The van der Waals surface area contributed by atoms with Gasteiger partial charge in [-0.3, -0.25) is 9.78 Å². The zero-order valence-corrected chi connectivity index (χ0v) is 7.67. The summed E-state index contributed by atoms with van der Waals surface area (Å²) in [6, 6.07) is 0. The molecule has 0 saturated heterocycles. The van der Waals surface area contributed by atoms with Gasteiger partial charge in [0.2, 0.25) is 10.0 Å². The lowest BCUT2D eigenvalue weighted by Gasteiger charge is -1.89. The van der Waals surface area contributed by atoms with Crippen LogP contribution in [0, 0.1) is 0 Å². The predicted molar refractivity (Wildman–Crippen MR) is 49.8 cm³/mol. The monoisotopic (exact) mass is 217 g/mol. The van der Waals surface area contributed by atoms with Gasteiger partial charge in [0.1, 0.15) is 0 Å². The molecule has 0 atom stereocenters. The van der Waals surface area contributed by atoms with Crippen LogP contribution in [0.25, 0.3) is 6.08 Å². The Balaban J connectivity index is 3.18. The van der Waals surface area contributed by atoms with Crippen molar-refractivity contribution >= 4 is 16.1 Å². The van der Waals surface area contributed by atoms with Gasteiger partial charge in [0.15, 0.2) is 0 Å². The molecule has 0 saturated carbocycles. The van der Waals surface area contributed by atoms with Crippen LogP contribution < -0.4 is 16.4 Å². The van der Waals surface area contributed by atoms with Gasteiger partial charge in [0, 0.05) is 11.6 Å². The summed E-state index contributed by atoms with van der Waals surface area (Å²) < 4.78 is 21.0. The molecule has 76 valence electrons. The second kappa shape index (κ2) is 3.60. The Bertz CT molecular complexity index is 565. The van der Waals surface area contributed by atoms with Gasteiger partial charge in [-0.05, 0) is 6.08 Å². The number of nitrogens with two attached hydrogens (primary N) is 1. The van der Waals surface area contributed by atoms with E-state index in [1.807, 2.05) is 4.98 Å². The van der Waals surface area contributed by atoms with Gasteiger partial charge in [-0.1, -0.05) is 0 Å². The van der Waals surface area contributed by atoms with Crippen molar-refractivity contribution in [3.05, 3.63) is 38.0 Å². The maximum Gasteiger partial charge on any atom is 0.325 e. The van der Waals surface area contributed by atoms with Gasteiger partial charge in [0.25, 0.3) is 5.56 Å². The highest BCUT2D eigenvalue weighted by atomic mass is 32.2. The van der Waals surface area contributed by atoms with E-state index < -0.39 is 21.3 Å². The summed E-state index contributed by atoms with van der Waals surface area (Å²) in [4.78, 5) is 25.7. The van der Waals surface area contributed by atoms with E-state index in [-0.39, 0.29) is 5.56 Å². The third-order valence-electron chi connectivity index (χ3n) is 1.29. The van der Waals surface area contributed by atoms with E-state index in [1.165, 1.54) is 0 Å². The van der Waals surface area contributed by atoms with Crippen LogP contribution in [0.3, 0.4) is 0 Å². The summed E-state index contributed by atoms with van der Waals surface area (Å²) in [7, 11) is -3.77. The van der Waals surface area contributed by atoms with E-state index in [0.29, 0.717) is 5.41 Å². The predicted octanol–water partition coefficient (Wildman–Crippen LogP) is -1.68. The van der Waals surface area contributed by atoms with E-state index in [9.17, 15) is 18.0 Å². The van der Waals surface area contributed by atoms with Gasteiger partial charge < -0.3 is 4.98 Å². The van der Waals surface area contributed by atoms with Crippen molar-refractivity contribution in [2.24, 2.45) is 5.14 Å². The zero-order valence-electron chi connectivity index (χ0n) is 6.85. The fourth-order valence-corrected chi connectivity index (χ4v) is 1.05. The molecule has 0 bridgehead atoms. The first kappa shape index (κ1) is 10.4. The van der Waals surface area contributed by atoms with Crippen LogP contribution in [0.4, 0.5) is 0 Å². The van der Waals surface area contributed by atoms with Crippen LogP contribution in [-0.4, -0.2) is 18.4 Å². The summed E-state index contributed by atoms with van der Waals surface area (Å²) in [5.74, 6) is 0. The zero-order chi connectivity index (χ0) is 10.8. The first-order valence-electron chi connectivity index (χ1n) is 3.41. The summed E-state index contributed by atoms with van der Waals surface area (Å²) >= 11 is 0.